The van der Waals surface area contributed by atoms with E-state index >= 15 is 0 Å². The number of rotatable bonds is 4. The van der Waals surface area contributed by atoms with Gasteiger partial charge in [0.15, 0.2) is 6.10 Å². The van der Waals surface area contributed by atoms with E-state index in [1.165, 1.54) is 90.1 Å². The number of halogens is 1. The molecule has 7 heteroatoms. The molecule has 41 heavy (non-hydrogen) atoms. The molecule has 6 rings (SSSR count). The molecule has 6 aliphatic rings. The Labute approximate surface area is 260 Å². The lowest BCUT2D eigenvalue weighted by atomic mass is 9.44. The summed E-state index contributed by atoms with van der Waals surface area (Å²) in [5.41, 5.74) is 0.377. The van der Waals surface area contributed by atoms with E-state index in [0.29, 0.717) is 35.3 Å². The number of fused-ring (bicyclic) bond motifs is 5. The molecule has 0 bridgehead atoms. The highest BCUT2D eigenvalue weighted by atomic mass is 79.9. The van der Waals surface area contributed by atoms with Crippen LogP contribution in [0.1, 0.15) is 111 Å². The number of carbonyl (C=O) groups is 2. The molecule has 0 aromatic rings. The smallest absolute Gasteiger partial charge is 0.303 e. The molecule has 0 radical (unpaired) electrons. The SMILES string of the molecule is CC(=O)O[C@H]1C[C@@H]2CC[C@@H]3[C@H](CCC4(C)[C@H]3C[C@H]([N+]3(C)CCCCC3)[C@@H]4OC(C)=O)C2(C)C[C@@H]1N1CCCCC1.[Br-]. The lowest BCUT2D eigenvalue weighted by Crippen LogP contribution is -3.00. The second-order valence-electron chi connectivity index (χ2n) is 15.8. The first-order valence-electron chi connectivity index (χ1n) is 17.0. The van der Waals surface area contributed by atoms with E-state index in [1.807, 2.05) is 0 Å². The van der Waals surface area contributed by atoms with Gasteiger partial charge < -0.3 is 30.9 Å². The van der Waals surface area contributed by atoms with Crippen molar-refractivity contribution in [2.24, 2.45) is 34.5 Å². The van der Waals surface area contributed by atoms with E-state index in [1.54, 1.807) is 13.8 Å². The summed E-state index contributed by atoms with van der Waals surface area (Å²) in [4.78, 5) is 27.4. The van der Waals surface area contributed by atoms with Crippen LogP contribution in [0.25, 0.3) is 0 Å². The molecular weight excluding hydrogens is 580 g/mol. The quantitative estimate of drug-likeness (QED) is 0.351. The van der Waals surface area contributed by atoms with Gasteiger partial charge in [-0.15, -0.1) is 0 Å². The van der Waals surface area contributed by atoms with Crippen LogP contribution in [0.5, 0.6) is 0 Å². The average Bonchev–Trinajstić information content (AvgIpc) is 3.21. The molecule has 0 spiro atoms. The van der Waals surface area contributed by atoms with Crippen molar-refractivity contribution in [3.05, 3.63) is 0 Å². The molecule has 2 aliphatic heterocycles. The Morgan fingerprint density at radius 1 is 0.805 bits per heavy atom. The van der Waals surface area contributed by atoms with Crippen LogP contribution >= 0.6 is 0 Å². The summed E-state index contributed by atoms with van der Waals surface area (Å²) in [5, 5.41) is 0. The molecule has 0 amide bonds. The first-order valence-corrected chi connectivity index (χ1v) is 17.0. The van der Waals surface area contributed by atoms with Crippen LogP contribution in [0.2, 0.25) is 0 Å². The zero-order chi connectivity index (χ0) is 28.3. The van der Waals surface area contributed by atoms with Gasteiger partial charge in [-0.25, -0.2) is 0 Å². The number of piperidine rings is 2. The van der Waals surface area contributed by atoms with Gasteiger partial charge in [-0.05, 0) is 113 Å². The summed E-state index contributed by atoms with van der Waals surface area (Å²) >= 11 is 0. The number of likely N-dealkylation sites (tertiary alicyclic amines) is 2. The predicted octanol–water partition coefficient (Wildman–Crippen LogP) is 2.97. The van der Waals surface area contributed by atoms with E-state index in [0.717, 1.165) is 29.9 Å². The fourth-order valence-electron chi connectivity index (χ4n) is 11.7. The summed E-state index contributed by atoms with van der Waals surface area (Å²) in [5.74, 6) is 2.50. The van der Waals surface area contributed by atoms with Crippen LogP contribution in [-0.2, 0) is 19.1 Å². The van der Waals surface area contributed by atoms with Crippen molar-refractivity contribution in [2.45, 2.75) is 135 Å². The predicted molar refractivity (Wildman–Crippen MR) is 156 cm³/mol. The minimum Gasteiger partial charge on any atom is -1.00 e. The zero-order valence-corrected chi connectivity index (χ0v) is 28.1. The Balaban J connectivity index is 0.00000337. The molecule has 0 N–H and O–H groups in total. The molecule has 2 saturated heterocycles. The largest absolute Gasteiger partial charge is 1.00 e. The maximum Gasteiger partial charge on any atom is 0.303 e. The third-order valence-corrected chi connectivity index (χ3v) is 13.7. The molecule has 0 aromatic heterocycles. The highest BCUT2D eigenvalue weighted by Crippen LogP contribution is 2.67. The first kappa shape index (κ1) is 31.8. The summed E-state index contributed by atoms with van der Waals surface area (Å²) < 4.78 is 13.5. The van der Waals surface area contributed by atoms with Gasteiger partial charge in [0.2, 0.25) is 0 Å². The van der Waals surface area contributed by atoms with E-state index < -0.39 is 0 Å². The zero-order valence-electron chi connectivity index (χ0n) is 26.5. The molecule has 6 fully saturated rings. The number of hydrogen-bond donors (Lipinski definition) is 0. The number of hydrogen-bond acceptors (Lipinski definition) is 5. The van der Waals surface area contributed by atoms with Gasteiger partial charge in [0, 0.05) is 31.7 Å². The maximum absolute atomic E-state index is 12.5. The number of carbonyl (C=O) groups excluding carboxylic acids is 2. The van der Waals surface area contributed by atoms with Gasteiger partial charge >= 0.3 is 11.9 Å². The van der Waals surface area contributed by atoms with Crippen molar-refractivity contribution in [2.75, 3.05) is 33.2 Å². The normalized spacial score (nSPS) is 45.8. The summed E-state index contributed by atoms with van der Waals surface area (Å²) in [6.45, 7) is 13.1. The number of ether oxygens (including phenoxy) is 2. The van der Waals surface area contributed by atoms with Crippen molar-refractivity contribution in [3.8, 4) is 0 Å². The summed E-state index contributed by atoms with van der Waals surface area (Å²) in [6, 6.07) is 0.796. The van der Waals surface area contributed by atoms with Crippen LogP contribution in [0.15, 0.2) is 0 Å². The lowest BCUT2D eigenvalue weighted by molar-refractivity contribution is -0.940. The van der Waals surface area contributed by atoms with Crippen LogP contribution in [-0.4, -0.2) is 78.8 Å². The molecule has 2 heterocycles. The fourth-order valence-corrected chi connectivity index (χ4v) is 11.7. The van der Waals surface area contributed by atoms with Gasteiger partial charge in [-0.2, -0.15) is 0 Å². The highest BCUT2D eigenvalue weighted by Gasteiger charge is 2.67. The minimum absolute atomic E-state index is 0. The molecular formula is C34H57BrN2O4. The molecule has 6 nitrogen and oxygen atoms in total. The van der Waals surface area contributed by atoms with E-state index in [4.69, 9.17) is 9.47 Å². The van der Waals surface area contributed by atoms with Crippen molar-refractivity contribution < 1.29 is 40.5 Å². The summed E-state index contributed by atoms with van der Waals surface area (Å²) in [7, 11) is 2.47. The van der Waals surface area contributed by atoms with E-state index in [9.17, 15) is 9.59 Å². The Morgan fingerprint density at radius 2 is 1.46 bits per heavy atom. The van der Waals surface area contributed by atoms with Crippen molar-refractivity contribution in [1.82, 2.24) is 4.90 Å². The Bertz CT molecular complexity index is 964. The highest BCUT2D eigenvalue weighted by molar-refractivity contribution is 5.66. The maximum atomic E-state index is 12.5. The Morgan fingerprint density at radius 3 is 2.12 bits per heavy atom. The van der Waals surface area contributed by atoms with Crippen LogP contribution < -0.4 is 17.0 Å². The van der Waals surface area contributed by atoms with Gasteiger partial charge in [0.05, 0.1) is 20.1 Å². The monoisotopic (exact) mass is 636 g/mol. The number of nitrogens with zero attached hydrogens (tertiary/aromatic N) is 2. The number of esters is 2. The number of likely N-dealkylation sites (N-methyl/N-ethyl adjacent to an activating group) is 1. The minimum atomic E-state index is -0.111. The van der Waals surface area contributed by atoms with Gasteiger partial charge in [0.1, 0.15) is 12.1 Å². The molecule has 0 aromatic carbocycles. The third-order valence-electron chi connectivity index (χ3n) is 13.7. The van der Waals surface area contributed by atoms with Crippen molar-refractivity contribution >= 4 is 11.9 Å². The van der Waals surface area contributed by atoms with Gasteiger partial charge in [0.25, 0.3) is 0 Å². The topological polar surface area (TPSA) is 55.8 Å². The van der Waals surface area contributed by atoms with Gasteiger partial charge in [-0.1, -0.05) is 20.3 Å². The van der Waals surface area contributed by atoms with E-state index in [-0.39, 0.29) is 46.5 Å². The van der Waals surface area contributed by atoms with E-state index in [2.05, 4.69) is 25.8 Å². The Hall–Kier alpha value is -0.660. The van der Waals surface area contributed by atoms with Crippen molar-refractivity contribution in [1.29, 1.82) is 0 Å². The van der Waals surface area contributed by atoms with Crippen LogP contribution in [0.3, 0.4) is 0 Å². The third kappa shape index (κ3) is 5.56. The molecule has 4 aliphatic carbocycles. The summed E-state index contributed by atoms with van der Waals surface area (Å²) in [6.07, 6.45) is 16.3. The lowest BCUT2D eigenvalue weighted by Gasteiger charge is -2.62. The molecule has 4 saturated carbocycles. The van der Waals surface area contributed by atoms with Crippen LogP contribution in [0.4, 0.5) is 0 Å². The fraction of sp³-hybridized carbons (Fsp3) is 0.941. The second-order valence-corrected chi connectivity index (χ2v) is 15.8. The van der Waals surface area contributed by atoms with Gasteiger partial charge in [-0.3, -0.25) is 14.5 Å². The molecule has 234 valence electrons. The Kier molecular flexibility index (Phi) is 9.32. The standard InChI is InChI=1S/C34H57N2O4.BrH/c1-23(37)39-31-20-25-12-13-26-27(34(25,4)22-29(31)35-16-8-6-9-17-35)14-15-33(3)28(26)21-30(32(33)40-24(2)38)36(5)18-10-7-11-19-36;/h25-32H,6-22H2,1-5H3;1H/q+1;/p-1/t25-,26+,27-,28-,29-,30-,31-,32-,33?,34?;/m0./s1. The van der Waals surface area contributed by atoms with Crippen LogP contribution in [0, 0.1) is 34.5 Å². The second kappa shape index (κ2) is 12.0. The average molecular weight is 638 g/mol. The van der Waals surface area contributed by atoms with Crippen molar-refractivity contribution in [3.63, 3.8) is 0 Å². The molecule has 2 unspecified atom stereocenters. The molecule has 10 atom stereocenters. The number of quaternary nitrogens is 1. The first-order chi connectivity index (χ1) is 19.0.